The van der Waals surface area contributed by atoms with Crippen molar-refractivity contribution in [3.8, 4) is 0 Å². The molecule has 1 aromatic heterocycles. The molecule has 0 saturated heterocycles. The Morgan fingerprint density at radius 2 is 0.908 bits per heavy atom. The van der Waals surface area contributed by atoms with E-state index < -0.39 is 0 Å². The second kappa shape index (κ2) is 14.2. The predicted octanol–water partition coefficient (Wildman–Crippen LogP) is 15.7. The second-order valence-electron chi connectivity index (χ2n) is 26.9. The highest BCUT2D eigenvalue weighted by atomic mass is 16.3. The van der Waals surface area contributed by atoms with E-state index in [1.165, 1.54) is 89.6 Å². The molecule has 0 fully saturated rings. The maximum atomic E-state index is 7.55. The molecule has 6 aromatic rings. The molecule has 0 saturated carbocycles. The molecule has 0 amide bonds. The van der Waals surface area contributed by atoms with Crippen LogP contribution in [-0.2, 0) is 37.9 Å². The highest BCUT2D eigenvalue weighted by molar-refractivity contribution is 7.00. The van der Waals surface area contributed by atoms with Gasteiger partial charge in [0.2, 0.25) is 0 Å². The van der Waals surface area contributed by atoms with Crippen LogP contribution in [0.25, 0.3) is 11.0 Å². The average molecular weight is 865 g/mol. The highest BCUT2D eigenvalue weighted by Gasteiger charge is 2.49. The van der Waals surface area contributed by atoms with E-state index in [0.29, 0.717) is 0 Å². The maximum Gasteiger partial charge on any atom is 0.297 e. The van der Waals surface area contributed by atoms with Crippen LogP contribution >= 0.6 is 0 Å². The largest absolute Gasteiger partial charge is 0.468 e. The van der Waals surface area contributed by atoms with Crippen LogP contribution < -0.4 is 26.4 Å². The van der Waals surface area contributed by atoms with Crippen LogP contribution in [0, 0.1) is 6.92 Å². The number of hydrogen-bond acceptors (Lipinski definition) is 3. The minimum Gasteiger partial charge on any atom is -0.468 e. The van der Waals surface area contributed by atoms with Crippen LogP contribution in [-0.4, -0.2) is 6.71 Å². The van der Waals surface area contributed by atoms with Crippen molar-refractivity contribution in [3.05, 3.63) is 123 Å². The van der Waals surface area contributed by atoms with Gasteiger partial charge in [-0.25, -0.2) is 0 Å². The van der Waals surface area contributed by atoms with Gasteiger partial charge in [0.15, 0.2) is 0 Å². The molecule has 65 heavy (non-hydrogen) atoms. The number of anilines is 6. The minimum absolute atomic E-state index is 0.0278. The molecule has 9 rings (SSSR count). The summed E-state index contributed by atoms with van der Waals surface area (Å²) in [5.41, 5.74) is 22.7. The molecular weight excluding hydrogens is 787 g/mol. The summed E-state index contributed by atoms with van der Waals surface area (Å²) in [5.74, 6) is 0. The Kier molecular flexibility index (Phi) is 9.91. The zero-order valence-electron chi connectivity index (χ0n) is 43.8. The van der Waals surface area contributed by atoms with Crippen LogP contribution in [0.15, 0.2) is 83.3 Å². The van der Waals surface area contributed by atoms with Gasteiger partial charge in [0.25, 0.3) is 6.71 Å². The Morgan fingerprint density at radius 3 is 1.37 bits per heavy atom. The summed E-state index contributed by atoms with van der Waals surface area (Å²) in [4.78, 5) is 5.27. The molecule has 0 N–H and O–H groups in total. The van der Waals surface area contributed by atoms with Crippen molar-refractivity contribution in [3.63, 3.8) is 0 Å². The summed E-state index contributed by atoms with van der Waals surface area (Å²) in [6.07, 6.45) is 2.31. The Morgan fingerprint density at radius 1 is 0.477 bits per heavy atom. The fourth-order valence-corrected chi connectivity index (χ4v) is 10.9. The van der Waals surface area contributed by atoms with E-state index in [4.69, 9.17) is 4.42 Å². The lowest BCUT2D eigenvalue weighted by Gasteiger charge is -2.47. The third-order valence-electron chi connectivity index (χ3n) is 15.5. The van der Waals surface area contributed by atoms with Gasteiger partial charge >= 0.3 is 0 Å². The van der Waals surface area contributed by atoms with Crippen LogP contribution in [0.2, 0.25) is 0 Å². The smallest absolute Gasteiger partial charge is 0.297 e. The molecule has 0 unspecified atom stereocenters. The van der Waals surface area contributed by atoms with E-state index in [-0.39, 0.29) is 44.6 Å². The molecule has 4 heteroatoms. The van der Waals surface area contributed by atoms with Crippen LogP contribution in [0.4, 0.5) is 34.1 Å². The molecular formula is C61H77BN2O. The van der Waals surface area contributed by atoms with Gasteiger partial charge in [-0.3, -0.25) is 0 Å². The molecule has 1 aliphatic carbocycles. The van der Waals surface area contributed by atoms with E-state index in [0.717, 1.165) is 29.5 Å². The first-order valence-electron chi connectivity index (χ1n) is 24.6. The summed E-state index contributed by atoms with van der Waals surface area (Å²) < 4.78 is 7.55. The van der Waals surface area contributed by atoms with Gasteiger partial charge in [-0.15, -0.1) is 0 Å². The van der Waals surface area contributed by atoms with Gasteiger partial charge in [0.1, 0.15) is 5.58 Å². The number of rotatable bonds is 2. The molecule has 0 spiro atoms. The fraction of sp³-hybridized carbons (Fsp3) is 0.475. The highest BCUT2D eigenvalue weighted by Crippen LogP contribution is 2.52. The van der Waals surface area contributed by atoms with E-state index in [2.05, 4.69) is 227 Å². The van der Waals surface area contributed by atoms with Gasteiger partial charge in [0.05, 0.1) is 11.3 Å². The van der Waals surface area contributed by atoms with Gasteiger partial charge in [0, 0.05) is 33.8 Å². The lowest BCUT2D eigenvalue weighted by molar-refractivity contribution is 0.332. The average Bonchev–Trinajstić information content (AvgIpc) is 3.55. The standard InChI is InChI=1S/C61H77BN2O/c1-36-25-49-52-50(26-36)64(43-31-40(58(11,12)13)28-41(32-43)59(14,15)16)53-44-22-21-37(55(2,3)4)33-51(44)65-54(53)62(52)47-34-45-46(61(19,20)24-23-60(45,17)18)35-48(47)63(49)42-29-38(56(5,6)7)27-39(30-42)57(8,9)10/h21-22,25-35H,23-24H2,1-20H3. The first kappa shape index (κ1) is 45.5. The Balaban J connectivity index is 1.47. The molecule has 0 radical (unpaired) electrons. The zero-order valence-corrected chi connectivity index (χ0v) is 43.8. The van der Waals surface area contributed by atoms with E-state index in [1.54, 1.807) is 0 Å². The van der Waals surface area contributed by atoms with Crippen molar-refractivity contribution in [2.24, 2.45) is 0 Å². The molecule has 5 aromatic carbocycles. The molecule has 3 nitrogen and oxygen atoms in total. The SMILES string of the molecule is Cc1cc2c3c(c1)N(c1cc(C(C)(C)C)cc(C(C)(C)C)c1)c1c(oc4cc(C(C)(C)C)ccc14)B3c1cc3c(cc1N2c1cc(C(C)(C)C)cc(C(C)(C)C)c1)C(C)(C)CCC3(C)C. The maximum absolute atomic E-state index is 7.55. The number of fused-ring (bicyclic) bond motifs is 7. The Bertz CT molecular complexity index is 2860. The summed E-state index contributed by atoms with van der Waals surface area (Å²) >= 11 is 0. The summed E-state index contributed by atoms with van der Waals surface area (Å²) in [6, 6.07) is 32.0. The molecule has 3 aliphatic rings. The first-order chi connectivity index (χ1) is 29.8. The predicted molar refractivity (Wildman–Crippen MR) is 284 cm³/mol. The summed E-state index contributed by atoms with van der Waals surface area (Å²) in [5, 5.41) is 1.16. The number of aryl methyl sites for hydroxylation is 1. The lowest BCUT2D eigenvalue weighted by Crippen LogP contribution is -2.61. The molecule has 0 bridgehead atoms. The monoisotopic (exact) mass is 865 g/mol. The van der Waals surface area contributed by atoms with Crippen molar-refractivity contribution >= 4 is 68.4 Å². The third-order valence-corrected chi connectivity index (χ3v) is 15.5. The third kappa shape index (κ3) is 7.48. The zero-order chi connectivity index (χ0) is 47.5. The first-order valence-corrected chi connectivity index (χ1v) is 24.6. The van der Waals surface area contributed by atoms with Crippen molar-refractivity contribution in [1.82, 2.24) is 0 Å². The fourth-order valence-electron chi connectivity index (χ4n) is 10.9. The molecule has 3 heterocycles. The van der Waals surface area contributed by atoms with Crippen LogP contribution in [0.5, 0.6) is 0 Å². The van der Waals surface area contributed by atoms with Crippen molar-refractivity contribution in [1.29, 1.82) is 0 Å². The summed E-state index contributed by atoms with van der Waals surface area (Å²) in [6.45, 7) is 47.2. The number of furan rings is 1. The van der Waals surface area contributed by atoms with Crippen molar-refractivity contribution < 1.29 is 4.42 Å². The van der Waals surface area contributed by atoms with E-state index in [1.807, 2.05) is 0 Å². The van der Waals surface area contributed by atoms with E-state index in [9.17, 15) is 0 Å². The lowest BCUT2D eigenvalue weighted by atomic mass is 9.35. The summed E-state index contributed by atoms with van der Waals surface area (Å²) in [7, 11) is 0. The topological polar surface area (TPSA) is 19.6 Å². The van der Waals surface area contributed by atoms with Gasteiger partial charge in [-0.2, -0.15) is 0 Å². The minimum atomic E-state index is -0.115. The van der Waals surface area contributed by atoms with Crippen molar-refractivity contribution in [2.75, 3.05) is 9.80 Å². The quantitative estimate of drug-likeness (QED) is 0.161. The Labute approximate surface area is 393 Å². The number of benzene rings is 5. The second-order valence-corrected chi connectivity index (χ2v) is 26.9. The number of nitrogens with zero attached hydrogens (tertiary/aromatic N) is 2. The van der Waals surface area contributed by atoms with Crippen LogP contribution in [0.3, 0.4) is 0 Å². The van der Waals surface area contributed by atoms with Gasteiger partial charge in [-0.1, -0.05) is 156 Å². The van der Waals surface area contributed by atoms with E-state index >= 15 is 0 Å². The van der Waals surface area contributed by atoms with Crippen LogP contribution in [0.1, 0.15) is 189 Å². The normalized spacial score (nSPS) is 17.0. The van der Waals surface area contributed by atoms with Gasteiger partial charge < -0.3 is 14.2 Å². The Hall–Kier alpha value is -4.70. The molecule has 340 valence electrons. The van der Waals surface area contributed by atoms with Crippen molar-refractivity contribution in [2.45, 2.75) is 189 Å². The number of hydrogen-bond donors (Lipinski definition) is 0. The molecule has 2 aliphatic heterocycles. The molecule has 0 atom stereocenters. The van der Waals surface area contributed by atoms with Gasteiger partial charge in [-0.05, 0) is 168 Å².